The monoisotopic (exact) mass is 266 g/mol. The van der Waals surface area contributed by atoms with Gasteiger partial charge in [-0.25, -0.2) is 4.63 Å². The number of rotatable bonds is 4. The van der Waals surface area contributed by atoms with Crippen LogP contribution in [0.25, 0.3) is 0 Å². The molecule has 1 aromatic heterocycles. The van der Waals surface area contributed by atoms with Crippen LogP contribution in [-0.2, 0) is 0 Å². The van der Waals surface area contributed by atoms with Crippen LogP contribution in [0.5, 0.6) is 0 Å². The number of hydrogen-bond acceptors (Lipinski definition) is 5. The van der Waals surface area contributed by atoms with E-state index in [4.69, 9.17) is 0 Å². The molecular weight excluding hydrogens is 244 g/mol. The molecular formula is C13H22N4O2. The molecule has 1 atom stereocenters. The van der Waals surface area contributed by atoms with Crippen molar-refractivity contribution in [2.45, 2.75) is 38.6 Å². The van der Waals surface area contributed by atoms with E-state index in [-0.39, 0.29) is 5.91 Å². The Morgan fingerprint density at radius 3 is 2.84 bits per heavy atom. The van der Waals surface area contributed by atoms with Crippen LogP contribution >= 0.6 is 0 Å². The van der Waals surface area contributed by atoms with Crippen LogP contribution in [0.2, 0.25) is 0 Å². The van der Waals surface area contributed by atoms with E-state index in [9.17, 15) is 4.79 Å². The maximum absolute atomic E-state index is 12.5. The molecule has 0 radical (unpaired) electrons. The van der Waals surface area contributed by atoms with Gasteiger partial charge >= 0.3 is 0 Å². The van der Waals surface area contributed by atoms with E-state index in [0.717, 1.165) is 32.4 Å². The van der Waals surface area contributed by atoms with Gasteiger partial charge < -0.3 is 9.80 Å². The zero-order valence-electron chi connectivity index (χ0n) is 11.9. The summed E-state index contributed by atoms with van der Waals surface area (Å²) in [5, 5.41) is 7.42. The molecule has 0 saturated carbocycles. The zero-order valence-corrected chi connectivity index (χ0v) is 11.9. The van der Waals surface area contributed by atoms with Crippen LogP contribution in [0.15, 0.2) is 4.63 Å². The largest absolute Gasteiger partial charge is 0.334 e. The van der Waals surface area contributed by atoms with E-state index < -0.39 is 0 Å². The predicted molar refractivity (Wildman–Crippen MR) is 70.9 cm³/mol. The summed E-state index contributed by atoms with van der Waals surface area (Å²) < 4.78 is 4.63. The van der Waals surface area contributed by atoms with Crippen molar-refractivity contribution in [2.75, 3.05) is 27.2 Å². The smallest absolute Gasteiger partial charge is 0.278 e. The SMILES string of the molecule is Cc1nonc1C(=O)N1CCCC[C@@H]1CCN(C)C. The molecule has 0 aliphatic carbocycles. The Hall–Kier alpha value is -1.43. The fraction of sp³-hybridized carbons (Fsp3) is 0.769. The van der Waals surface area contributed by atoms with Gasteiger partial charge in [0.1, 0.15) is 5.69 Å². The minimum absolute atomic E-state index is 0.0396. The second-order valence-electron chi connectivity index (χ2n) is 5.44. The molecule has 2 heterocycles. The highest BCUT2D eigenvalue weighted by molar-refractivity contribution is 5.93. The normalized spacial score (nSPS) is 20.0. The van der Waals surface area contributed by atoms with Gasteiger partial charge in [-0.1, -0.05) is 5.16 Å². The zero-order chi connectivity index (χ0) is 13.8. The Labute approximate surface area is 113 Å². The highest BCUT2D eigenvalue weighted by Gasteiger charge is 2.30. The molecule has 106 valence electrons. The van der Waals surface area contributed by atoms with E-state index >= 15 is 0 Å². The average molecular weight is 266 g/mol. The van der Waals surface area contributed by atoms with Crippen LogP contribution in [0.1, 0.15) is 41.9 Å². The van der Waals surface area contributed by atoms with Gasteiger partial charge in [0.05, 0.1) is 0 Å². The van der Waals surface area contributed by atoms with Crippen molar-refractivity contribution in [1.82, 2.24) is 20.1 Å². The Balaban J connectivity index is 2.06. The Morgan fingerprint density at radius 2 is 2.21 bits per heavy atom. The fourth-order valence-corrected chi connectivity index (χ4v) is 2.54. The number of carbonyl (C=O) groups is 1. The van der Waals surface area contributed by atoms with Crippen LogP contribution in [0.4, 0.5) is 0 Å². The summed E-state index contributed by atoms with van der Waals surface area (Å²) in [6.45, 7) is 3.55. The molecule has 1 amide bonds. The first-order chi connectivity index (χ1) is 9.09. The lowest BCUT2D eigenvalue weighted by molar-refractivity contribution is 0.0579. The molecule has 19 heavy (non-hydrogen) atoms. The Bertz CT molecular complexity index is 430. The fourth-order valence-electron chi connectivity index (χ4n) is 2.54. The van der Waals surface area contributed by atoms with Gasteiger partial charge in [-0.15, -0.1) is 0 Å². The number of aromatic nitrogens is 2. The van der Waals surface area contributed by atoms with Gasteiger partial charge in [0.2, 0.25) is 0 Å². The van der Waals surface area contributed by atoms with Gasteiger partial charge in [0.25, 0.3) is 5.91 Å². The van der Waals surface area contributed by atoms with E-state index in [1.165, 1.54) is 6.42 Å². The summed E-state index contributed by atoms with van der Waals surface area (Å²) in [6, 6.07) is 0.305. The van der Waals surface area contributed by atoms with Gasteiger partial charge in [-0.2, -0.15) is 0 Å². The van der Waals surface area contributed by atoms with Crippen molar-refractivity contribution in [3.8, 4) is 0 Å². The van der Waals surface area contributed by atoms with E-state index in [1.54, 1.807) is 6.92 Å². The summed E-state index contributed by atoms with van der Waals surface area (Å²) in [5.74, 6) is -0.0396. The quantitative estimate of drug-likeness (QED) is 0.822. The number of nitrogens with zero attached hydrogens (tertiary/aromatic N) is 4. The number of carbonyl (C=O) groups excluding carboxylic acids is 1. The summed E-state index contributed by atoms with van der Waals surface area (Å²) in [6.07, 6.45) is 4.33. The molecule has 1 saturated heterocycles. The molecule has 1 aromatic rings. The van der Waals surface area contributed by atoms with Gasteiger partial charge in [-0.3, -0.25) is 4.79 Å². The molecule has 0 unspecified atom stereocenters. The van der Waals surface area contributed by atoms with Crippen molar-refractivity contribution in [3.63, 3.8) is 0 Å². The Kier molecular flexibility index (Phi) is 4.52. The average Bonchev–Trinajstić information content (AvgIpc) is 2.82. The number of likely N-dealkylation sites (tertiary alicyclic amines) is 1. The number of piperidine rings is 1. The molecule has 1 aliphatic rings. The van der Waals surface area contributed by atoms with Crippen molar-refractivity contribution in [1.29, 1.82) is 0 Å². The minimum Gasteiger partial charge on any atom is -0.334 e. The van der Waals surface area contributed by atoms with Crippen molar-refractivity contribution < 1.29 is 9.42 Å². The minimum atomic E-state index is -0.0396. The van der Waals surface area contributed by atoms with Crippen molar-refractivity contribution >= 4 is 5.91 Å². The van der Waals surface area contributed by atoms with Crippen LogP contribution in [0, 0.1) is 6.92 Å². The maximum Gasteiger partial charge on any atom is 0.278 e. The number of hydrogen-bond donors (Lipinski definition) is 0. The van der Waals surface area contributed by atoms with Crippen LogP contribution in [-0.4, -0.2) is 59.2 Å². The third-order valence-electron chi connectivity index (χ3n) is 3.65. The van der Waals surface area contributed by atoms with Crippen LogP contribution in [0.3, 0.4) is 0 Å². The highest BCUT2D eigenvalue weighted by Crippen LogP contribution is 2.22. The lowest BCUT2D eigenvalue weighted by atomic mass is 9.98. The third kappa shape index (κ3) is 3.32. The molecule has 1 aliphatic heterocycles. The van der Waals surface area contributed by atoms with Gasteiger partial charge in [0, 0.05) is 12.6 Å². The second-order valence-corrected chi connectivity index (χ2v) is 5.44. The van der Waals surface area contributed by atoms with E-state index in [2.05, 4.69) is 33.9 Å². The van der Waals surface area contributed by atoms with Crippen molar-refractivity contribution in [2.24, 2.45) is 0 Å². The standard InChI is InChI=1S/C13H22N4O2/c1-10-12(15-19-14-10)13(18)17-8-5-4-6-11(17)7-9-16(2)3/h11H,4-9H2,1-3H3/t11-/m1/s1. The first-order valence-electron chi connectivity index (χ1n) is 6.84. The maximum atomic E-state index is 12.5. The molecule has 6 nitrogen and oxygen atoms in total. The number of aryl methyl sites for hydroxylation is 1. The first-order valence-corrected chi connectivity index (χ1v) is 6.84. The Morgan fingerprint density at radius 1 is 1.42 bits per heavy atom. The third-order valence-corrected chi connectivity index (χ3v) is 3.65. The highest BCUT2D eigenvalue weighted by atomic mass is 16.6. The molecule has 0 bridgehead atoms. The summed E-state index contributed by atoms with van der Waals surface area (Å²) in [4.78, 5) is 16.6. The summed E-state index contributed by atoms with van der Waals surface area (Å²) >= 11 is 0. The predicted octanol–water partition coefficient (Wildman–Crippen LogP) is 1.32. The lowest BCUT2D eigenvalue weighted by Crippen LogP contribution is -2.45. The lowest BCUT2D eigenvalue weighted by Gasteiger charge is -2.36. The number of amides is 1. The van der Waals surface area contributed by atoms with Crippen molar-refractivity contribution in [3.05, 3.63) is 11.4 Å². The van der Waals surface area contributed by atoms with Gasteiger partial charge in [0.15, 0.2) is 5.69 Å². The first kappa shape index (κ1) is 14.0. The van der Waals surface area contributed by atoms with Crippen LogP contribution < -0.4 is 0 Å². The summed E-state index contributed by atoms with van der Waals surface area (Å²) in [5.41, 5.74) is 0.929. The molecule has 0 N–H and O–H groups in total. The topological polar surface area (TPSA) is 62.5 Å². The molecule has 2 rings (SSSR count). The molecule has 6 heteroatoms. The molecule has 0 spiro atoms. The van der Waals surface area contributed by atoms with E-state index in [0.29, 0.717) is 17.4 Å². The molecule has 1 fully saturated rings. The second kappa shape index (κ2) is 6.14. The summed E-state index contributed by atoms with van der Waals surface area (Å²) in [7, 11) is 4.11. The molecule has 0 aromatic carbocycles. The van der Waals surface area contributed by atoms with E-state index in [1.807, 2.05) is 4.90 Å². The van der Waals surface area contributed by atoms with Gasteiger partial charge in [-0.05, 0) is 58.4 Å².